The number of carbonyl (C=O) groups excluding carboxylic acids is 2. The zero-order chi connectivity index (χ0) is 27.8. The average Bonchev–Trinajstić information content (AvgIpc) is 3.25. The van der Waals surface area contributed by atoms with E-state index in [2.05, 4.69) is 15.9 Å². The average molecular weight is 594 g/mol. The van der Waals surface area contributed by atoms with E-state index in [1.54, 1.807) is 61.5 Å². The highest BCUT2D eigenvalue weighted by molar-refractivity contribution is 9.10. The second-order valence-corrected chi connectivity index (χ2v) is 9.53. The number of carbonyl (C=O) groups is 2. The van der Waals surface area contributed by atoms with E-state index in [1.807, 2.05) is 0 Å². The lowest BCUT2D eigenvalue weighted by Gasteiger charge is -2.26. The first-order valence-electron chi connectivity index (χ1n) is 12.0. The molecule has 1 amide bonds. The molecule has 3 aromatic carbocycles. The molecule has 0 aliphatic carbocycles. The summed E-state index contributed by atoms with van der Waals surface area (Å²) < 4.78 is 28.4. The van der Waals surface area contributed by atoms with Crippen LogP contribution in [-0.2, 0) is 4.74 Å². The van der Waals surface area contributed by atoms with Crippen LogP contribution in [0.25, 0.3) is 11.0 Å². The fraction of sp³-hybridized carbons (Fsp3) is 0.207. The van der Waals surface area contributed by atoms with Gasteiger partial charge in [0.15, 0.2) is 16.9 Å². The van der Waals surface area contributed by atoms with Crippen molar-refractivity contribution in [2.45, 2.75) is 13.0 Å². The lowest BCUT2D eigenvalue weighted by molar-refractivity contribution is 0.0526. The molecule has 10 heteroatoms. The monoisotopic (exact) mass is 593 g/mol. The Morgan fingerprint density at radius 1 is 0.949 bits per heavy atom. The maximum Gasteiger partial charge on any atom is 0.338 e. The maximum atomic E-state index is 13.9. The summed E-state index contributed by atoms with van der Waals surface area (Å²) in [6.07, 6.45) is 0. The molecule has 2 heterocycles. The van der Waals surface area contributed by atoms with Crippen LogP contribution in [0.5, 0.6) is 17.2 Å². The number of ether oxygens (including phenoxy) is 4. The number of nitrogens with zero attached hydrogens (tertiary/aromatic N) is 1. The van der Waals surface area contributed by atoms with E-state index < -0.39 is 17.9 Å². The predicted octanol–water partition coefficient (Wildman–Crippen LogP) is 5.51. The summed E-state index contributed by atoms with van der Waals surface area (Å²) in [4.78, 5) is 41.5. The molecule has 0 fully saturated rings. The molecular formula is C29H24BrNO8. The summed E-state index contributed by atoms with van der Waals surface area (Å²) in [5.41, 5.74) is 1.44. The Bertz CT molecular complexity index is 1640. The topological polar surface area (TPSA) is 105 Å². The van der Waals surface area contributed by atoms with E-state index in [4.69, 9.17) is 23.4 Å². The van der Waals surface area contributed by atoms with Gasteiger partial charge in [0.05, 0.1) is 50.5 Å². The van der Waals surface area contributed by atoms with Crippen LogP contribution in [0.4, 0.5) is 5.69 Å². The van der Waals surface area contributed by atoms with Gasteiger partial charge in [-0.25, -0.2) is 4.79 Å². The second-order valence-electron chi connectivity index (χ2n) is 8.62. The van der Waals surface area contributed by atoms with Gasteiger partial charge in [0.2, 0.25) is 11.5 Å². The third-order valence-corrected chi connectivity index (χ3v) is 6.98. The number of fused-ring (bicyclic) bond motifs is 2. The van der Waals surface area contributed by atoms with Crippen LogP contribution in [0.3, 0.4) is 0 Å². The SMILES string of the molecule is CCOC(=O)c1ccc(N2C(=O)c3oc4ccc(Br)cc4c(=O)c3C2c2cc(OC)c(OC)c(OC)c2)cc1. The number of anilines is 1. The highest BCUT2D eigenvalue weighted by Gasteiger charge is 2.44. The number of hydrogen-bond donors (Lipinski definition) is 0. The van der Waals surface area contributed by atoms with Crippen molar-refractivity contribution in [3.63, 3.8) is 0 Å². The highest BCUT2D eigenvalue weighted by atomic mass is 79.9. The molecule has 5 rings (SSSR count). The van der Waals surface area contributed by atoms with Crippen LogP contribution < -0.4 is 24.5 Å². The lowest BCUT2D eigenvalue weighted by Crippen LogP contribution is -2.29. The smallest absolute Gasteiger partial charge is 0.338 e. The molecule has 1 unspecified atom stereocenters. The zero-order valence-corrected chi connectivity index (χ0v) is 23.2. The molecule has 0 bridgehead atoms. The molecule has 1 aromatic heterocycles. The quantitative estimate of drug-likeness (QED) is 0.258. The second kappa shape index (κ2) is 10.5. The molecule has 9 nitrogen and oxygen atoms in total. The van der Waals surface area contributed by atoms with Gasteiger partial charge in [-0.1, -0.05) is 15.9 Å². The first-order chi connectivity index (χ1) is 18.8. The van der Waals surface area contributed by atoms with Crippen molar-refractivity contribution in [1.29, 1.82) is 0 Å². The standard InChI is InChI=1S/C29H24BrNO8/c1-5-38-29(34)15-6-9-18(10-7-15)31-24(16-12-21(35-2)26(37-4)22(13-16)36-3)23-25(32)19-14-17(30)8-11-20(19)39-27(23)28(31)33/h6-14,24H,5H2,1-4H3. The van der Waals surface area contributed by atoms with E-state index in [9.17, 15) is 14.4 Å². The van der Waals surface area contributed by atoms with Gasteiger partial charge < -0.3 is 23.4 Å². The van der Waals surface area contributed by atoms with Crippen molar-refractivity contribution < 1.29 is 33.0 Å². The number of esters is 1. The van der Waals surface area contributed by atoms with Crippen LogP contribution in [0, 0.1) is 0 Å². The van der Waals surface area contributed by atoms with Crippen molar-refractivity contribution in [1.82, 2.24) is 0 Å². The first-order valence-corrected chi connectivity index (χ1v) is 12.8. The molecule has 1 aliphatic heterocycles. The molecule has 1 atom stereocenters. The summed E-state index contributed by atoms with van der Waals surface area (Å²) in [6.45, 7) is 1.96. The molecule has 0 N–H and O–H groups in total. The van der Waals surface area contributed by atoms with E-state index in [0.717, 1.165) is 0 Å². The summed E-state index contributed by atoms with van der Waals surface area (Å²) in [5.74, 6) is 0.0391. The normalized spacial score (nSPS) is 14.3. The van der Waals surface area contributed by atoms with Crippen molar-refractivity contribution >= 4 is 44.5 Å². The van der Waals surface area contributed by atoms with Gasteiger partial charge in [0, 0.05) is 10.2 Å². The lowest BCUT2D eigenvalue weighted by atomic mass is 9.97. The van der Waals surface area contributed by atoms with Crippen molar-refractivity contribution in [2.24, 2.45) is 0 Å². The molecule has 200 valence electrons. The molecule has 0 saturated heterocycles. The largest absolute Gasteiger partial charge is 0.493 e. The highest BCUT2D eigenvalue weighted by Crippen LogP contribution is 2.46. The van der Waals surface area contributed by atoms with E-state index in [1.165, 1.54) is 26.2 Å². The van der Waals surface area contributed by atoms with Crippen LogP contribution in [0.15, 0.2) is 68.3 Å². The van der Waals surface area contributed by atoms with Crippen LogP contribution in [0.2, 0.25) is 0 Å². The van der Waals surface area contributed by atoms with Crippen LogP contribution in [0.1, 0.15) is 45.0 Å². The van der Waals surface area contributed by atoms with Gasteiger partial charge in [0.1, 0.15) is 5.58 Å². The van der Waals surface area contributed by atoms with E-state index in [0.29, 0.717) is 49.5 Å². The van der Waals surface area contributed by atoms with Gasteiger partial charge >= 0.3 is 5.97 Å². The first kappa shape index (κ1) is 26.3. The Balaban J connectivity index is 1.76. The Kier molecular flexibility index (Phi) is 7.05. The summed E-state index contributed by atoms with van der Waals surface area (Å²) in [5, 5.41) is 0.327. The molecule has 0 radical (unpaired) electrons. The number of amides is 1. The van der Waals surface area contributed by atoms with Gasteiger partial charge in [-0.05, 0) is 67.1 Å². The summed E-state index contributed by atoms with van der Waals surface area (Å²) >= 11 is 3.41. The van der Waals surface area contributed by atoms with E-state index in [-0.39, 0.29) is 23.4 Å². The molecule has 39 heavy (non-hydrogen) atoms. The number of benzene rings is 3. The fourth-order valence-electron chi connectivity index (χ4n) is 4.76. The number of hydrogen-bond acceptors (Lipinski definition) is 8. The Morgan fingerprint density at radius 3 is 2.21 bits per heavy atom. The Morgan fingerprint density at radius 2 is 1.62 bits per heavy atom. The number of halogens is 1. The van der Waals surface area contributed by atoms with Crippen molar-refractivity contribution in [3.05, 3.63) is 91.7 Å². The van der Waals surface area contributed by atoms with Gasteiger partial charge in [-0.15, -0.1) is 0 Å². The maximum absolute atomic E-state index is 13.9. The Labute approximate surface area is 232 Å². The van der Waals surface area contributed by atoms with Gasteiger partial charge in [-0.3, -0.25) is 14.5 Å². The minimum Gasteiger partial charge on any atom is -0.493 e. The van der Waals surface area contributed by atoms with Crippen molar-refractivity contribution in [3.8, 4) is 17.2 Å². The zero-order valence-electron chi connectivity index (χ0n) is 21.6. The number of rotatable bonds is 7. The minimum absolute atomic E-state index is 0.0666. The van der Waals surface area contributed by atoms with Crippen LogP contribution >= 0.6 is 15.9 Å². The fourth-order valence-corrected chi connectivity index (χ4v) is 5.12. The third-order valence-electron chi connectivity index (χ3n) is 6.49. The Hall–Kier alpha value is -4.31. The van der Waals surface area contributed by atoms with Crippen molar-refractivity contribution in [2.75, 3.05) is 32.8 Å². The molecular weight excluding hydrogens is 570 g/mol. The summed E-state index contributed by atoms with van der Waals surface area (Å²) in [7, 11) is 4.46. The van der Waals surface area contributed by atoms with Gasteiger partial charge in [-0.2, -0.15) is 0 Å². The van der Waals surface area contributed by atoms with Crippen LogP contribution in [-0.4, -0.2) is 39.8 Å². The molecule has 4 aromatic rings. The van der Waals surface area contributed by atoms with Gasteiger partial charge in [0.25, 0.3) is 5.91 Å². The molecule has 0 saturated carbocycles. The number of methoxy groups -OCH3 is 3. The molecule has 1 aliphatic rings. The van der Waals surface area contributed by atoms with E-state index >= 15 is 0 Å². The predicted molar refractivity (Wildman–Crippen MR) is 147 cm³/mol. The summed E-state index contributed by atoms with van der Waals surface area (Å²) in [6, 6.07) is 13.9. The molecule has 0 spiro atoms. The third kappa shape index (κ3) is 4.40. The minimum atomic E-state index is -0.894.